The number of aliphatic carboxylic acids is 1. The summed E-state index contributed by atoms with van der Waals surface area (Å²) in [5.74, 6) is 0.412. The molecule has 4 aromatic rings. The van der Waals surface area contributed by atoms with Crippen LogP contribution in [0.3, 0.4) is 0 Å². The van der Waals surface area contributed by atoms with Gasteiger partial charge in [0.2, 0.25) is 11.9 Å². The number of hydrogen-bond donors (Lipinski definition) is 4. The molecular weight excluding hydrogens is 370 g/mol. The van der Waals surface area contributed by atoms with Gasteiger partial charge in [-0.1, -0.05) is 42.5 Å². The van der Waals surface area contributed by atoms with Crippen LogP contribution in [0, 0.1) is 0 Å². The van der Waals surface area contributed by atoms with Crippen molar-refractivity contribution >= 4 is 29.4 Å². The molecule has 144 valence electrons. The Labute approximate surface area is 165 Å². The van der Waals surface area contributed by atoms with Crippen molar-refractivity contribution in [2.24, 2.45) is 0 Å². The highest BCUT2D eigenvalue weighted by molar-refractivity contribution is 5.70. The summed E-state index contributed by atoms with van der Waals surface area (Å²) < 4.78 is 0. The summed E-state index contributed by atoms with van der Waals surface area (Å²) in [7, 11) is 0. The summed E-state index contributed by atoms with van der Waals surface area (Å²) in [4.78, 5) is 23.3. The fourth-order valence-corrected chi connectivity index (χ4v) is 2.69. The number of carbonyl (C=O) groups is 1. The number of anilines is 4. The summed E-state index contributed by atoms with van der Waals surface area (Å²) in [6.45, 7) is 0. The van der Waals surface area contributed by atoms with Gasteiger partial charge in [0.25, 0.3) is 0 Å². The lowest BCUT2D eigenvalue weighted by Crippen LogP contribution is -2.03. The molecule has 0 fully saturated rings. The maximum atomic E-state index is 10.8. The van der Waals surface area contributed by atoms with E-state index in [0.717, 1.165) is 16.9 Å². The number of rotatable bonds is 7. The zero-order chi connectivity index (χ0) is 20.1. The monoisotopic (exact) mass is 387 g/mol. The van der Waals surface area contributed by atoms with E-state index in [1.54, 1.807) is 24.3 Å². The van der Waals surface area contributed by atoms with Crippen LogP contribution in [0.2, 0.25) is 0 Å². The van der Waals surface area contributed by atoms with E-state index < -0.39 is 5.97 Å². The van der Waals surface area contributed by atoms with Crippen molar-refractivity contribution in [1.29, 1.82) is 0 Å². The highest BCUT2D eigenvalue weighted by Crippen LogP contribution is 2.21. The highest BCUT2D eigenvalue weighted by atomic mass is 16.4. The Bertz CT molecular complexity index is 1110. The summed E-state index contributed by atoms with van der Waals surface area (Å²) in [6.07, 6.45) is 1.37. The number of hydrogen-bond acceptors (Lipinski definition) is 7. The zero-order valence-electron chi connectivity index (χ0n) is 15.2. The zero-order valence-corrected chi connectivity index (χ0v) is 15.2. The van der Waals surface area contributed by atoms with Gasteiger partial charge in [0.05, 0.1) is 12.1 Å². The second kappa shape index (κ2) is 8.17. The number of carboxylic acid groups (broad SMARTS) is 1. The number of H-pyrrole nitrogens is 1. The Kier molecular flexibility index (Phi) is 5.10. The van der Waals surface area contributed by atoms with Crippen LogP contribution in [-0.2, 0) is 11.2 Å². The molecule has 29 heavy (non-hydrogen) atoms. The number of aromatic amines is 1. The van der Waals surface area contributed by atoms with E-state index in [0.29, 0.717) is 23.3 Å². The molecule has 0 amide bonds. The first kappa shape index (κ1) is 18.1. The Morgan fingerprint density at radius 3 is 2.41 bits per heavy atom. The fourth-order valence-electron chi connectivity index (χ4n) is 2.69. The fraction of sp³-hybridized carbons (Fsp3) is 0.0500. The van der Waals surface area contributed by atoms with Gasteiger partial charge in [-0.25, -0.2) is 9.97 Å². The van der Waals surface area contributed by atoms with Crippen molar-refractivity contribution in [3.05, 3.63) is 72.6 Å². The molecule has 0 unspecified atom stereocenters. The van der Waals surface area contributed by atoms with Crippen molar-refractivity contribution in [1.82, 2.24) is 25.1 Å². The molecule has 0 aliphatic rings. The lowest BCUT2D eigenvalue weighted by molar-refractivity contribution is -0.136. The largest absolute Gasteiger partial charge is 0.481 e. The van der Waals surface area contributed by atoms with Crippen LogP contribution >= 0.6 is 0 Å². The first-order valence-electron chi connectivity index (χ1n) is 8.80. The van der Waals surface area contributed by atoms with Crippen LogP contribution < -0.4 is 10.6 Å². The summed E-state index contributed by atoms with van der Waals surface area (Å²) in [6, 6.07) is 18.8. The molecule has 0 spiro atoms. The van der Waals surface area contributed by atoms with Gasteiger partial charge in [-0.3, -0.25) is 9.89 Å². The van der Waals surface area contributed by atoms with Gasteiger partial charge in [0.1, 0.15) is 6.33 Å². The predicted octanol–water partition coefficient (Wildman–Crippen LogP) is 3.38. The molecule has 0 aliphatic heterocycles. The van der Waals surface area contributed by atoms with Gasteiger partial charge in [-0.05, 0) is 23.3 Å². The van der Waals surface area contributed by atoms with Gasteiger partial charge in [-0.2, -0.15) is 10.1 Å². The smallest absolute Gasteiger partial charge is 0.307 e. The van der Waals surface area contributed by atoms with E-state index in [9.17, 15) is 4.79 Å². The average Bonchev–Trinajstić information content (AvgIpc) is 3.19. The van der Waals surface area contributed by atoms with Gasteiger partial charge < -0.3 is 15.7 Å². The van der Waals surface area contributed by atoms with Crippen LogP contribution in [0.4, 0.5) is 23.4 Å². The molecule has 4 rings (SSSR count). The van der Waals surface area contributed by atoms with E-state index in [-0.39, 0.29) is 6.42 Å². The molecule has 4 N–H and O–H groups in total. The van der Waals surface area contributed by atoms with Gasteiger partial charge in [0.15, 0.2) is 5.82 Å². The molecular formula is C20H17N7O2. The number of aromatic nitrogens is 5. The van der Waals surface area contributed by atoms with Crippen LogP contribution in [0.15, 0.2) is 67.0 Å². The van der Waals surface area contributed by atoms with Crippen LogP contribution in [0.1, 0.15) is 5.56 Å². The maximum Gasteiger partial charge on any atom is 0.307 e. The molecule has 2 aromatic carbocycles. The SMILES string of the molecule is O=C(O)Cc1ccc(Nc2ncnc(Nc3cc(-c4ccccc4)[nH]n3)n2)cc1. The molecule has 0 aliphatic carbocycles. The first-order valence-corrected chi connectivity index (χ1v) is 8.80. The van der Waals surface area contributed by atoms with Gasteiger partial charge in [-0.15, -0.1) is 0 Å². The normalized spacial score (nSPS) is 10.5. The van der Waals surface area contributed by atoms with Crippen molar-refractivity contribution in [3.63, 3.8) is 0 Å². The van der Waals surface area contributed by atoms with Crippen molar-refractivity contribution < 1.29 is 9.90 Å². The minimum atomic E-state index is -0.868. The second-order valence-corrected chi connectivity index (χ2v) is 6.18. The number of nitrogens with zero attached hydrogens (tertiary/aromatic N) is 4. The molecule has 0 saturated heterocycles. The summed E-state index contributed by atoms with van der Waals surface area (Å²) in [5.41, 5.74) is 3.36. The van der Waals surface area contributed by atoms with Gasteiger partial charge in [0, 0.05) is 11.8 Å². The van der Waals surface area contributed by atoms with Crippen LogP contribution in [0.25, 0.3) is 11.3 Å². The third-order valence-electron chi connectivity index (χ3n) is 4.04. The van der Waals surface area contributed by atoms with Crippen molar-refractivity contribution in [3.8, 4) is 11.3 Å². The Balaban J connectivity index is 1.44. The van der Waals surface area contributed by atoms with Crippen molar-refractivity contribution in [2.45, 2.75) is 6.42 Å². The minimum absolute atomic E-state index is 0.0191. The number of nitrogens with one attached hydrogen (secondary N) is 3. The van der Waals surface area contributed by atoms with E-state index in [1.807, 2.05) is 36.4 Å². The standard InChI is InChI=1S/C20H17N7O2/c28-18(29)10-13-6-8-15(9-7-13)23-19-21-12-22-20(25-19)24-17-11-16(26-27-17)14-4-2-1-3-5-14/h1-9,11-12H,10H2,(H,28,29)(H3,21,22,23,24,25,26,27). The first-order chi connectivity index (χ1) is 14.2. The minimum Gasteiger partial charge on any atom is -0.481 e. The predicted molar refractivity (Wildman–Crippen MR) is 108 cm³/mol. The topological polar surface area (TPSA) is 129 Å². The Morgan fingerprint density at radius 1 is 0.966 bits per heavy atom. The highest BCUT2D eigenvalue weighted by Gasteiger charge is 2.07. The van der Waals surface area contributed by atoms with Crippen molar-refractivity contribution in [2.75, 3.05) is 10.6 Å². The third-order valence-corrected chi connectivity index (χ3v) is 4.04. The lowest BCUT2D eigenvalue weighted by atomic mass is 10.1. The second-order valence-electron chi connectivity index (χ2n) is 6.18. The molecule has 0 atom stereocenters. The molecule has 0 saturated carbocycles. The quantitative estimate of drug-likeness (QED) is 0.380. The molecule has 2 aromatic heterocycles. The van der Waals surface area contributed by atoms with E-state index in [4.69, 9.17) is 5.11 Å². The molecule has 2 heterocycles. The van der Waals surface area contributed by atoms with Crippen LogP contribution in [-0.4, -0.2) is 36.2 Å². The van der Waals surface area contributed by atoms with E-state index >= 15 is 0 Å². The Morgan fingerprint density at radius 2 is 1.69 bits per heavy atom. The third kappa shape index (κ3) is 4.72. The maximum absolute atomic E-state index is 10.8. The van der Waals surface area contributed by atoms with Gasteiger partial charge >= 0.3 is 5.97 Å². The average molecular weight is 387 g/mol. The van der Waals surface area contributed by atoms with Crippen LogP contribution in [0.5, 0.6) is 0 Å². The summed E-state index contributed by atoms with van der Waals surface area (Å²) in [5, 5.41) is 22.1. The van der Waals surface area contributed by atoms with E-state index in [1.165, 1.54) is 6.33 Å². The summed E-state index contributed by atoms with van der Waals surface area (Å²) >= 11 is 0. The van der Waals surface area contributed by atoms with E-state index in [2.05, 4.69) is 35.8 Å². The molecule has 9 heteroatoms. The molecule has 0 bridgehead atoms. The Hall–Kier alpha value is -4.27. The molecule has 0 radical (unpaired) electrons. The number of benzene rings is 2. The molecule has 9 nitrogen and oxygen atoms in total. The number of carboxylic acids is 1. The lowest BCUT2D eigenvalue weighted by Gasteiger charge is -2.07.